The molecule has 2 amide bonds. The Labute approximate surface area is 110 Å². The van der Waals surface area contributed by atoms with Crippen LogP contribution in [0.2, 0.25) is 0 Å². The molecule has 1 rings (SSSR count). The van der Waals surface area contributed by atoms with Crippen LogP contribution in [0.5, 0.6) is 0 Å². The van der Waals surface area contributed by atoms with Crippen molar-refractivity contribution in [1.82, 2.24) is 5.32 Å². The first-order valence-electron chi connectivity index (χ1n) is 5.70. The fourth-order valence-electron chi connectivity index (χ4n) is 1.71. The Hall–Kier alpha value is -2.37. The summed E-state index contributed by atoms with van der Waals surface area (Å²) >= 11 is 0. The molecule has 4 N–H and O–H groups in total. The van der Waals surface area contributed by atoms with Gasteiger partial charge in [0.1, 0.15) is 6.04 Å². The van der Waals surface area contributed by atoms with E-state index in [1.54, 1.807) is 19.1 Å². The number of nitrogens with two attached hydrogens (primary N) is 1. The standard InChI is InChI=1S/C13H16N2O4/c1-7-3-4-9(8(2)5-7)12(17)15-10(13(18)19)6-11(14)16/h3-5,10H,6H2,1-2H3,(H2,14,16)(H,15,17)(H,18,19)/t10-/m1/s1. The molecule has 6 nitrogen and oxygen atoms in total. The van der Waals surface area contributed by atoms with E-state index in [1.807, 2.05) is 13.0 Å². The molecule has 0 aliphatic heterocycles. The lowest BCUT2D eigenvalue weighted by Crippen LogP contribution is -2.43. The largest absolute Gasteiger partial charge is 0.480 e. The van der Waals surface area contributed by atoms with Gasteiger partial charge in [-0.3, -0.25) is 9.59 Å². The van der Waals surface area contributed by atoms with Crippen molar-refractivity contribution in [3.63, 3.8) is 0 Å². The number of aryl methyl sites for hydroxylation is 2. The van der Waals surface area contributed by atoms with Crippen LogP contribution < -0.4 is 11.1 Å². The van der Waals surface area contributed by atoms with Crippen LogP contribution in [0.4, 0.5) is 0 Å². The SMILES string of the molecule is Cc1ccc(C(=O)N[C@H](CC(N)=O)C(=O)O)c(C)c1. The van der Waals surface area contributed by atoms with E-state index in [1.165, 1.54) is 0 Å². The van der Waals surface area contributed by atoms with E-state index in [0.717, 1.165) is 11.1 Å². The molecule has 0 bridgehead atoms. The number of rotatable bonds is 5. The fraction of sp³-hybridized carbons (Fsp3) is 0.308. The van der Waals surface area contributed by atoms with Gasteiger partial charge < -0.3 is 16.2 Å². The van der Waals surface area contributed by atoms with Gasteiger partial charge in [-0.05, 0) is 25.5 Å². The lowest BCUT2D eigenvalue weighted by atomic mass is 10.0. The minimum absolute atomic E-state index is 0.376. The summed E-state index contributed by atoms with van der Waals surface area (Å²) in [7, 11) is 0. The van der Waals surface area contributed by atoms with E-state index in [0.29, 0.717) is 5.56 Å². The first-order valence-corrected chi connectivity index (χ1v) is 5.70. The third kappa shape index (κ3) is 4.09. The van der Waals surface area contributed by atoms with Gasteiger partial charge in [-0.1, -0.05) is 17.7 Å². The quantitative estimate of drug-likeness (QED) is 0.713. The predicted octanol–water partition coefficient (Wildman–Crippen LogP) is 0.362. The average molecular weight is 264 g/mol. The van der Waals surface area contributed by atoms with Crippen LogP contribution in [-0.4, -0.2) is 28.9 Å². The highest BCUT2D eigenvalue weighted by Crippen LogP contribution is 2.10. The van der Waals surface area contributed by atoms with E-state index in [-0.39, 0.29) is 0 Å². The Bertz CT molecular complexity index is 525. The number of aliphatic carboxylic acids is 1. The van der Waals surface area contributed by atoms with E-state index < -0.39 is 30.2 Å². The summed E-state index contributed by atoms with van der Waals surface area (Å²) in [6, 6.07) is 3.87. The van der Waals surface area contributed by atoms with E-state index in [2.05, 4.69) is 5.32 Å². The topological polar surface area (TPSA) is 109 Å². The second kappa shape index (κ2) is 5.99. The summed E-state index contributed by atoms with van der Waals surface area (Å²) in [5, 5.41) is 11.2. The molecule has 0 heterocycles. The number of carboxylic acids is 1. The summed E-state index contributed by atoms with van der Waals surface area (Å²) in [4.78, 5) is 33.6. The molecule has 6 heteroatoms. The number of hydrogen-bond acceptors (Lipinski definition) is 3. The van der Waals surface area contributed by atoms with Gasteiger partial charge >= 0.3 is 5.97 Å². The first kappa shape index (κ1) is 14.7. The molecule has 0 unspecified atom stereocenters. The van der Waals surface area contributed by atoms with Gasteiger partial charge in [0.05, 0.1) is 6.42 Å². The molecule has 0 aliphatic rings. The van der Waals surface area contributed by atoms with Crippen LogP contribution in [0.25, 0.3) is 0 Å². The zero-order valence-corrected chi connectivity index (χ0v) is 10.8. The second-order valence-electron chi connectivity index (χ2n) is 4.35. The third-order valence-electron chi connectivity index (χ3n) is 2.64. The van der Waals surface area contributed by atoms with Crippen LogP contribution in [0.1, 0.15) is 27.9 Å². The lowest BCUT2D eigenvalue weighted by molar-refractivity contribution is -0.140. The van der Waals surface area contributed by atoms with Gasteiger partial charge in [0.2, 0.25) is 5.91 Å². The van der Waals surface area contributed by atoms with Crippen LogP contribution in [0.15, 0.2) is 18.2 Å². The van der Waals surface area contributed by atoms with Crippen LogP contribution in [-0.2, 0) is 9.59 Å². The van der Waals surface area contributed by atoms with Gasteiger partial charge in [0.15, 0.2) is 0 Å². The van der Waals surface area contributed by atoms with Crippen molar-refractivity contribution in [2.24, 2.45) is 5.73 Å². The predicted molar refractivity (Wildman–Crippen MR) is 68.6 cm³/mol. The summed E-state index contributed by atoms with van der Waals surface area (Å²) in [5.74, 6) is -2.61. The maximum Gasteiger partial charge on any atom is 0.326 e. The molecule has 19 heavy (non-hydrogen) atoms. The average Bonchev–Trinajstić information content (AvgIpc) is 2.26. The van der Waals surface area contributed by atoms with Crippen molar-refractivity contribution in [2.75, 3.05) is 0 Å². The highest BCUT2D eigenvalue weighted by Gasteiger charge is 2.23. The Morgan fingerprint density at radius 2 is 1.95 bits per heavy atom. The number of primary amides is 1. The smallest absolute Gasteiger partial charge is 0.326 e. The second-order valence-corrected chi connectivity index (χ2v) is 4.35. The summed E-state index contributed by atoms with van der Waals surface area (Å²) in [5.41, 5.74) is 7.06. The van der Waals surface area contributed by atoms with Gasteiger partial charge in [-0.15, -0.1) is 0 Å². The highest BCUT2D eigenvalue weighted by atomic mass is 16.4. The minimum atomic E-state index is -1.31. The number of benzene rings is 1. The fourth-order valence-corrected chi connectivity index (χ4v) is 1.71. The molecule has 0 aliphatic carbocycles. The van der Waals surface area contributed by atoms with Gasteiger partial charge in [-0.25, -0.2) is 4.79 Å². The Balaban J connectivity index is 2.87. The van der Waals surface area contributed by atoms with Crippen molar-refractivity contribution in [1.29, 1.82) is 0 Å². The van der Waals surface area contributed by atoms with E-state index >= 15 is 0 Å². The number of hydrogen-bond donors (Lipinski definition) is 3. The van der Waals surface area contributed by atoms with Gasteiger partial charge in [0, 0.05) is 5.56 Å². The normalized spacial score (nSPS) is 11.7. The van der Waals surface area contributed by atoms with E-state index in [9.17, 15) is 14.4 Å². The van der Waals surface area contributed by atoms with E-state index in [4.69, 9.17) is 10.8 Å². The molecule has 0 aromatic heterocycles. The lowest BCUT2D eigenvalue weighted by Gasteiger charge is -2.14. The van der Waals surface area contributed by atoms with Crippen molar-refractivity contribution >= 4 is 17.8 Å². The zero-order valence-electron chi connectivity index (χ0n) is 10.8. The van der Waals surface area contributed by atoms with Crippen molar-refractivity contribution in [3.8, 4) is 0 Å². The number of carbonyl (C=O) groups is 3. The van der Waals surface area contributed by atoms with Crippen LogP contribution in [0, 0.1) is 13.8 Å². The molecule has 1 aromatic carbocycles. The number of nitrogens with one attached hydrogen (secondary N) is 1. The van der Waals surface area contributed by atoms with Crippen molar-refractivity contribution in [2.45, 2.75) is 26.3 Å². The third-order valence-corrected chi connectivity index (χ3v) is 2.64. The summed E-state index contributed by atoms with van der Waals surface area (Å²) < 4.78 is 0. The Kier molecular flexibility index (Phi) is 4.63. The molecule has 0 spiro atoms. The molecule has 0 fully saturated rings. The Morgan fingerprint density at radius 3 is 2.42 bits per heavy atom. The summed E-state index contributed by atoms with van der Waals surface area (Å²) in [6.45, 7) is 3.65. The maximum atomic E-state index is 11.9. The number of carbonyl (C=O) groups excluding carboxylic acids is 2. The maximum absolute atomic E-state index is 11.9. The minimum Gasteiger partial charge on any atom is -0.480 e. The molecular formula is C13H16N2O4. The molecule has 102 valence electrons. The molecule has 0 radical (unpaired) electrons. The zero-order chi connectivity index (χ0) is 14.6. The Morgan fingerprint density at radius 1 is 1.32 bits per heavy atom. The molecule has 0 saturated carbocycles. The van der Waals surface area contributed by atoms with Crippen molar-refractivity contribution < 1.29 is 19.5 Å². The number of amides is 2. The summed E-state index contributed by atoms with van der Waals surface area (Å²) in [6.07, 6.45) is -0.439. The molecular weight excluding hydrogens is 248 g/mol. The van der Waals surface area contributed by atoms with Gasteiger partial charge in [0.25, 0.3) is 5.91 Å². The van der Waals surface area contributed by atoms with Gasteiger partial charge in [-0.2, -0.15) is 0 Å². The molecule has 1 atom stereocenters. The monoisotopic (exact) mass is 264 g/mol. The van der Waals surface area contributed by atoms with Crippen LogP contribution >= 0.6 is 0 Å². The first-order chi connectivity index (χ1) is 8.81. The molecule has 0 saturated heterocycles. The molecule has 1 aromatic rings. The highest BCUT2D eigenvalue weighted by molar-refractivity contribution is 5.98. The van der Waals surface area contributed by atoms with Crippen molar-refractivity contribution in [3.05, 3.63) is 34.9 Å². The van der Waals surface area contributed by atoms with Crippen LogP contribution in [0.3, 0.4) is 0 Å². The number of carboxylic acid groups (broad SMARTS) is 1.